The Morgan fingerprint density at radius 1 is 1.29 bits per heavy atom. The molecular formula is C16H18ClNO3. The van der Waals surface area contributed by atoms with E-state index >= 15 is 0 Å². The summed E-state index contributed by atoms with van der Waals surface area (Å²) >= 11 is 6.05. The molecule has 0 aromatic heterocycles. The number of hydrogen-bond acceptors (Lipinski definition) is 3. The van der Waals surface area contributed by atoms with Crippen LogP contribution in [0.15, 0.2) is 24.3 Å². The predicted octanol–water partition coefficient (Wildman–Crippen LogP) is 2.51. The van der Waals surface area contributed by atoms with E-state index in [2.05, 4.69) is 5.32 Å². The van der Waals surface area contributed by atoms with Crippen molar-refractivity contribution in [3.8, 4) is 0 Å². The van der Waals surface area contributed by atoms with Crippen LogP contribution in [0.2, 0.25) is 5.02 Å². The Balaban J connectivity index is 1.92. The zero-order valence-electron chi connectivity index (χ0n) is 11.7. The predicted molar refractivity (Wildman–Crippen MR) is 79.0 cm³/mol. The van der Waals surface area contributed by atoms with Crippen molar-refractivity contribution in [2.24, 2.45) is 11.8 Å². The summed E-state index contributed by atoms with van der Waals surface area (Å²) < 4.78 is 5.54. The van der Waals surface area contributed by atoms with Crippen LogP contribution in [0.1, 0.15) is 30.7 Å². The van der Waals surface area contributed by atoms with Gasteiger partial charge in [-0.05, 0) is 42.4 Å². The molecule has 0 aliphatic carbocycles. The fraction of sp³-hybridized carbons (Fsp3) is 0.500. The first-order valence-corrected chi connectivity index (χ1v) is 7.70. The lowest BCUT2D eigenvalue weighted by Gasteiger charge is -2.37. The zero-order valence-corrected chi connectivity index (χ0v) is 12.4. The van der Waals surface area contributed by atoms with Gasteiger partial charge in [-0.1, -0.05) is 23.7 Å². The van der Waals surface area contributed by atoms with Crippen molar-refractivity contribution in [1.82, 2.24) is 5.32 Å². The fourth-order valence-electron chi connectivity index (χ4n) is 3.43. The van der Waals surface area contributed by atoms with Gasteiger partial charge in [-0.25, -0.2) is 0 Å². The lowest BCUT2D eigenvalue weighted by Crippen LogP contribution is -2.47. The van der Waals surface area contributed by atoms with Gasteiger partial charge in [0.05, 0.1) is 5.92 Å². The number of imide groups is 1. The van der Waals surface area contributed by atoms with Gasteiger partial charge in [0.25, 0.3) is 0 Å². The van der Waals surface area contributed by atoms with E-state index in [1.807, 2.05) is 18.2 Å². The molecule has 2 fully saturated rings. The van der Waals surface area contributed by atoms with Crippen molar-refractivity contribution < 1.29 is 14.3 Å². The Bertz CT molecular complexity index is 554. The first-order chi connectivity index (χ1) is 10.1. The average molecular weight is 308 g/mol. The van der Waals surface area contributed by atoms with Crippen LogP contribution >= 0.6 is 11.6 Å². The van der Waals surface area contributed by atoms with Gasteiger partial charge in [-0.15, -0.1) is 0 Å². The molecule has 5 heteroatoms. The third-order valence-corrected chi connectivity index (χ3v) is 4.64. The molecule has 1 N–H and O–H groups in total. The lowest BCUT2D eigenvalue weighted by molar-refractivity contribution is -0.138. The summed E-state index contributed by atoms with van der Waals surface area (Å²) in [5, 5.41) is 3.06. The van der Waals surface area contributed by atoms with Crippen molar-refractivity contribution in [3.05, 3.63) is 34.9 Å². The molecule has 112 valence electrons. The van der Waals surface area contributed by atoms with Crippen molar-refractivity contribution >= 4 is 23.4 Å². The number of amides is 2. The molecule has 3 atom stereocenters. The van der Waals surface area contributed by atoms with Gasteiger partial charge in [0.15, 0.2) is 0 Å². The molecule has 0 bridgehead atoms. The van der Waals surface area contributed by atoms with Gasteiger partial charge >= 0.3 is 0 Å². The minimum atomic E-state index is -0.326. The van der Waals surface area contributed by atoms with Gasteiger partial charge in [0.1, 0.15) is 0 Å². The smallest absolute Gasteiger partial charge is 0.234 e. The summed E-state index contributed by atoms with van der Waals surface area (Å²) in [5.41, 5.74) is 0.878. The molecule has 2 aliphatic rings. The highest BCUT2D eigenvalue weighted by Gasteiger charge is 2.41. The van der Waals surface area contributed by atoms with Gasteiger partial charge in [0, 0.05) is 24.7 Å². The minimum Gasteiger partial charge on any atom is -0.381 e. The van der Waals surface area contributed by atoms with E-state index < -0.39 is 0 Å². The Morgan fingerprint density at radius 2 is 2.14 bits per heavy atom. The summed E-state index contributed by atoms with van der Waals surface area (Å²) in [6.07, 6.45) is 2.36. The van der Waals surface area contributed by atoms with Crippen LogP contribution < -0.4 is 5.32 Å². The number of piperidine rings is 1. The number of rotatable bonds is 2. The number of ether oxygens (including phenoxy) is 1. The molecule has 21 heavy (non-hydrogen) atoms. The Morgan fingerprint density at radius 3 is 2.86 bits per heavy atom. The van der Waals surface area contributed by atoms with E-state index in [1.54, 1.807) is 6.07 Å². The SMILES string of the molecule is O=C1CC(C2CCCOC2)C(c2cccc(Cl)c2)C(=O)N1. The standard InChI is InChI=1S/C16H18ClNO3/c17-12-5-1-3-10(7-12)15-13(8-14(19)18-16(15)20)11-4-2-6-21-9-11/h1,3,5,7,11,13,15H,2,4,6,8-9H2,(H,18,19,20). The third-order valence-electron chi connectivity index (χ3n) is 4.40. The van der Waals surface area contributed by atoms with Crippen LogP contribution in [-0.4, -0.2) is 25.0 Å². The molecule has 2 saturated heterocycles. The average Bonchev–Trinajstić information content (AvgIpc) is 2.47. The molecule has 2 heterocycles. The number of halogens is 1. The number of hydrogen-bond donors (Lipinski definition) is 1. The largest absolute Gasteiger partial charge is 0.381 e. The van der Waals surface area contributed by atoms with E-state index in [0.29, 0.717) is 18.1 Å². The maximum atomic E-state index is 12.4. The molecule has 3 rings (SSSR count). The van der Waals surface area contributed by atoms with Crippen molar-refractivity contribution in [1.29, 1.82) is 0 Å². The van der Waals surface area contributed by atoms with Crippen molar-refractivity contribution in [3.63, 3.8) is 0 Å². The monoisotopic (exact) mass is 307 g/mol. The zero-order chi connectivity index (χ0) is 14.8. The van der Waals surface area contributed by atoms with Gasteiger partial charge < -0.3 is 4.74 Å². The highest BCUT2D eigenvalue weighted by Crippen LogP contribution is 2.39. The van der Waals surface area contributed by atoms with Crippen LogP contribution in [0.5, 0.6) is 0 Å². The molecular weight excluding hydrogens is 290 g/mol. The molecule has 1 aromatic rings. The van der Waals surface area contributed by atoms with E-state index in [-0.39, 0.29) is 29.6 Å². The molecule has 0 spiro atoms. The molecule has 0 radical (unpaired) electrons. The summed E-state index contributed by atoms with van der Waals surface area (Å²) in [5.74, 6) is -0.492. The van der Waals surface area contributed by atoms with Crippen LogP contribution in [0.3, 0.4) is 0 Å². The second kappa shape index (κ2) is 6.16. The molecule has 0 saturated carbocycles. The Labute approximate surface area is 128 Å². The van der Waals surface area contributed by atoms with Crippen LogP contribution in [0.4, 0.5) is 0 Å². The fourth-order valence-corrected chi connectivity index (χ4v) is 3.63. The van der Waals surface area contributed by atoms with E-state index in [1.165, 1.54) is 0 Å². The Hall–Kier alpha value is -1.39. The van der Waals surface area contributed by atoms with Gasteiger partial charge in [-0.3, -0.25) is 14.9 Å². The minimum absolute atomic E-state index is 0.00924. The van der Waals surface area contributed by atoms with E-state index in [4.69, 9.17) is 16.3 Å². The highest BCUT2D eigenvalue weighted by atomic mass is 35.5. The summed E-state index contributed by atoms with van der Waals surface area (Å²) in [6, 6.07) is 7.35. The van der Waals surface area contributed by atoms with Crippen LogP contribution in [0, 0.1) is 11.8 Å². The number of carbonyl (C=O) groups excluding carboxylic acids is 2. The van der Waals surface area contributed by atoms with Crippen LogP contribution in [0.25, 0.3) is 0 Å². The maximum absolute atomic E-state index is 12.4. The van der Waals surface area contributed by atoms with Crippen LogP contribution in [-0.2, 0) is 14.3 Å². The molecule has 2 aliphatic heterocycles. The third kappa shape index (κ3) is 3.11. The summed E-state index contributed by atoms with van der Waals surface area (Å²) in [6.45, 7) is 1.40. The molecule has 2 amide bonds. The quantitative estimate of drug-likeness (QED) is 0.854. The van der Waals surface area contributed by atoms with Crippen molar-refractivity contribution in [2.75, 3.05) is 13.2 Å². The second-order valence-corrected chi connectivity index (χ2v) is 6.23. The summed E-state index contributed by atoms with van der Waals surface area (Å²) in [7, 11) is 0. The topological polar surface area (TPSA) is 55.4 Å². The van der Waals surface area contributed by atoms with E-state index in [9.17, 15) is 9.59 Å². The normalized spacial score (nSPS) is 30.0. The van der Waals surface area contributed by atoms with Gasteiger partial charge in [-0.2, -0.15) is 0 Å². The Kier molecular flexibility index (Phi) is 4.27. The summed E-state index contributed by atoms with van der Waals surface area (Å²) in [4.78, 5) is 24.1. The first kappa shape index (κ1) is 14.5. The first-order valence-electron chi connectivity index (χ1n) is 7.32. The van der Waals surface area contributed by atoms with Gasteiger partial charge in [0.2, 0.25) is 11.8 Å². The number of carbonyl (C=O) groups is 2. The molecule has 1 aromatic carbocycles. The van der Waals surface area contributed by atoms with Crippen molar-refractivity contribution in [2.45, 2.75) is 25.2 Å². The number of benzene rings is 1. The van der Waals surface area contributed by atoms with E-state index in [0.717, 1.165) is 25.0 Å². The number of nitrogens with one attached hydrogen (secondary N) is 1. The maximum Gasteiger partial charge on any atom is 0.234 e. The molecule has 4 nitrogen and oxygen atoms in total. The lowest BCUT2D eigenvalue weighted by atomic mass is 9.72. The molecule has 3 unspecified atom stereocenters. The highest BCUT2D eigenvalue weighted by molar-refractivity contribution is 6.30. The second-order valence-electron chi connectivity index (χ2n) is 5.79.